The SMILES string of the molecule is CCOC(=O)c1c(-c2ccc(F)cc2)oc2cc(N)c(-c3ccccc3F)cc12. The van der Waals surface area contributed by atoms with E-state index in [1.165, 1.54) is 30.3 Å². The predicted octanol–water partition coefficient (Wildman–Crippen LogP) is 5.80. The van der Waals surface area contributed by atoms with Crippen LogP contribution in [-0.2, 0) is 4.74 Å². The maximum absolute atomic E-state index is 14.3. The van der Waals surface area contributed by atoms with Crippen molar-refractivity contribution in [1.82, 2.24) is 0 Å². The molecule has 0 amide bonds. The molecule has 0 aliphatic rings. The number of nitrogens with two attached hydrogens (primary N) is 1. The first-order valence-electron chi connectivity index (χ1n) is 9.03. The smallest absolute Gasteiger partial charge is 0.342 e. The van der Waals surface area contributed by atoms with Gasteiger partial charge < -0.3 is 14.9 Å². The van der Waals surface area contributed by atoms with E-state index in [4.69, 9.17) is 14.9 Å². The summed E-state index contributed by atoms with van der Waals surface area (Å²) in [6.07, 6.45) is 0. The molecule has 4 aromatic rings. The zero-order valence-corrected chi connectivity index (χ0v) is 15.5. The van der Waals surface area contributed by atoms with Gasteiger partial charge in [0.15, 0.2) is 0 Å². The molecule has 1 aromatic heterocycles. The first-order valence-corrected chi connectivity index (χ1v) is 9.03. The van der Waals surface area contributed by atoms with Crippen LogP contribution in [0.5, 0.6) is 0 Å². The number of rotatable bonds is 4. The molecule has 0 unspecified atom stereocenters. The van der Waals surface area contributed by atoms with E-state index in [2.05, 4.69) is 0 Å². The lowest BCUT2D eigenvalue weighted by Crippen LogP contribution is -2.05. The fourth-order valence-electron chi connectivity index (χ4n) is 3.28. The van der Waals surface area contributed by atoms with Gasteiger partial charge in [0.05, 0.1) is 6.61 Å². The minimum atomic E-state index is -0.588. The second-order valence-electron chi connectivity index (χ2n) is 6.45. The summed E-state index contributed by atoms with van der Waals surface area (Å²) in [6, 6.07) is 15.0. The fraction of sp³-hybridized carbons (Fsp3) is 0.0870. The van der Waals surface area contributed by atoms with Crippen LogP contribution in [-0.4, -0.2) is 12.6 Å². The Balaban J connectivity index is 2.00. The Morgan fingerprint density at radius 1 is 1.03 bits per heavy atom. The number of carbonyl (C=O) groups excluding carboxylic acids is 1. The highest BCUT2D eigenvalue weighted by Gasteiger charge is 2.25. The van der Waals surface area contributed by atoms with Crippen LogP contribution in [0.4, 0.5) is 14.5 Å². The number of hydrogen-bond acceptors (Lipinski definition) is 4. The van der Waals surface area contributed by atoms with Gasteiger partial charge in [-0.05, 0) is 43.3 Å². The predicted molar refractivity (Wildman–Crippen MR) is 107 cm³/mol. The monoisotopic (exact) mass is 393 g/mol. The van der Waals surface area contributed by atoms with Crippen LogP contribution in [0.1, 0.15) is 17.3 Å². The van der Waals surface area contributed by atoms with Crippen LogP contribution >= 0.6 is 0 Å². The van der Waals surface area contributed by atoms with Gasteiger partial charge in [0.2, 0.25) is 0 Å². The Morgan fingerprint density at radius 3 is 2.45 bits per heavy atom. The van der Waals surface area contributed by atoms with Crippen molar-refractivity contribution in [1.29, 1.82) is 0 Å². The van der Waals surface area contributed by atoms with Gasteiger partial charge in [-0.15, -0.1) is 0 Å². The zero-order valence-electron chi connectivity index (χ0n) is 15.5. The minimum absolute atomic E-state index is 0.170. The van der Waals surface area contributed by atoms with Gasteiger partial charge in [-0.1, -0.05) is 18.2 Å². The highest BCUT2D eigenvalue weighted by atomic mass is 19.1. The lowest BCUT2D eigenvalue weighted by Gasteiger charge is -2.08. The minimum Gasteiger partial charge on any atom is -0.462 e. The van der Waals surface area contributed by atoms with Crippen LogP contribution in [0.25, 0.3) is 33.4 Å². The number of fused-ring (bicyclic) bond motifs is 1. The van der Waals surface area contributed by atoms with E-state index in [9.17, 15) is 13.6 Å². The maximum Gasteiger partial charge on any atom is 0.342 e. The molecular weight excluding hydrogens is 376 g/mol. The number of furan rings is 1. The van der Waals surface area contributed by atoms with Crippen molar-refractivity contribution in [3.05, 3.63) is 77.9 Å². The van der Waals surface area contributed by atoms with Crippen molar-refractivity contribution in [3.8, 4) is 22.5 Å². The molecule has 29 heavy (non-hydrogen) atoms. The number of carbonyl (C=O) groups is 1. The van der Waals surface area contributed by atoms with Gasteiger partial charge in [-0.2, -0.15) is 0 Å². The first kappa shape index (κ1) is 18.7. The van der Waals surface area contributed by atoms with E-state index < -0.39 is 17.6 Å². The van der Waals surface area contributed by atoms with E-state index in [1.807, 2.05) is 0 Å². The number of hydrogen-bond donors (Lipinski definition) is 1. The molecule has 0 aliphatic carbocycles. The second-order valence-corrected chi connectivity index (χ2v) is 6.45. The fourth-order valence-corrected chi connectivity index (χ4v) is 3.28. The molecule has 0 spiro atoms. The Bertz CT molecular complexity index is 1210. The van der Waals surface area contributed by atoms with Gasteiger partial charge in [0.1, 0.15) is 28.5 Å². The van der Waals surface area contributed by atoms with E-state index in [1.54, 1.807) is 37.3 Å². The van der Waals surface area contributed by atoms with Crippen molar-refractivity contribution < 1.29 is 22.7 Å². The average molecular weight is 393 g/mol. The van der Waals surface area contributed by atoms with Gasteiger partial charge in [-0.25, -0.2) is 13.6 Å². The maximum atomic E-state index is 14.3. The molecule has 0 saturated heterocycles. The van der Waals surface area contributed by atoms with Gasteiger partial charge in [0.25, 0.3) is 0 Å². The third kappa shape index (κ3) is 3.33. The van der Waals surface area contributed by atoms with Gasteiger partial charge >= 0.3 is 5.97 Å². The van der Waals surface area contributed by atoms with Crippen molar-refractivity contribution >= 4 is 22.6 Å². The summed E-state index contributed by atoms with van der Waals surface area (Å²) in [7, 11) is 0. The number of halogens is 2. The Morgan fingerprint density at radius 2 is 1.76 bits per heavy atom. The molecule has 0 aliphatic heterocycles. The summed E-state index contributed by atoms with van der Waals surface area (Å²) in [4.78, 5) is 12.7. The third-order valence-electron chi connectivity index (χ3n) is 4.61. The number of nitrogen functional groups attached to an aromatic ring is 1. The van der Waals surface area contributed by atoms with Crippen LogP contribution in [0.3, 0.4) is 0 Å². The largest absolute Gasteiger partial charge is 0.462 e. The van der Waals surface area contributed by atoms with Crippen molar-refractivity contribution in [2.75, 3.05) is 12.3 Å². The normalized spacial score (nSPS) is 11.0. The zero-order chi connectivity index (χ0) is 20.5. The molecule has 0 saturated carbocycles. The Kier molecular flexibility index (Phi) is 4.76. The topological polar surface area (TPSA) is 65.5 Å². The summed E-state index contributed by atoms with van der Waals surface area (Å²) in [6.45, 7) is 1.87. The number of benzene rings is 3. The van der Waals surface area contributed by atoms with Gasteiger partial charge in [-0.3, -0.25) is 0 Å². The van der Waals surface area contributed by atoms with E-state index in [0.717, 1.165) is 0 Å². The second kappa shape index (κ2) is 7.39. The highest BCUT2D eigenvalue weighted by Crippen LogP contribution is 2.39. The van der Waals surface area contributed by atoms with E-state index in [-0.39, 0.29) is 17.9 Å². The summed E-state index contributed by atoms with van der Waals surface area (Å²) in [5.41, 5.74) is 8.25. The third-order valence-corrected chi connectivity index (χ3v) is 4.61. The molecule has 146 valence electrons. The van der Waals surface area contributed by atoms with Crippen LogP contribution in [0, 0.1) is 11.6 Å². The molecule has 3 aromatic carbocycles. The lowest BCUT2D eigenvalue weighted by atomic mass is 9.98. The molecular formula is C23H17F2NO3. The molecule has 4 rings (SSSR count). The number of ether oxygens (including phenoxy) is 1. The van der Waals surface area contributed by atoms with Crippen LogP contribution in [0.2, 0.25) is 0 Å². The summed E-state index contributed by atoms with van der Waals surface area (Å²) in [5.74, 6) is -1.19. The molecule has 0 radical (unpaired) electrons. The van der Waals surface area contributed by atoms with Gasteiger partial charge in [0, 0.05) is 33.8 Å². The molecule has 0 atom stereocenters. The Labute approximate surface area is 165 Å². The highest BCUT2D eigenvalue weighted by molar-refractivity contribution is 6.10. The molecule has 0 fully saturated rings. The molecule has 1 heterocycles. The standard InChI is InChI=1S/C23H17F2NO3/c1-2-28-23(27)21-17-11-16(15-5-3-4-6-18(15)25)19(26)12-20(17)29-22(21)13-7-9-14(24)10-8-13/h3-12H,2,26H2,1H3. The summed E-state index contributed by atoms with van der Waals surface area (Å²) in [5, 5.41) is 0.440. The van der Waals surface area contributed by atoms with Crippen molar-refractivity contribution in [2.45, 2.75) is 6.92 Å². The van der Waals surface area contributed by atoms with Crippen LogP contribution in [0.15, 0.2) is 65.1 Å². The molecule has 4 nitrogen and oxygen atoms in total. The quantitative estimate of drug-likeness (QED) is 0.351. The van der Waals surface area contributed by atoms with E-state index in [0.29, 0.717) is 33.3 Å². The molecule has 2 N–H and O–H groups in total. The van der Waals surface area contributed by atoms with Crippen molar-refractivity contribution in [2.24, 2.45) is 0 Å². The first-order chi connectivity index (χ1) is 14.0. The molecule has 0 bridgehead atoms. The average Bonchev–Trinajstić information content (AvgIpc) is 3.07. The lowest BCUT2D eigenvalue weighted by molar-refractivity contribution is 0.0528. The van der Waals surface area contributed by atoms with Crippen molar-refractivity contribution in [3.63, 3.8) is 0 Å². The number of anilines is 1. The molecule has 6 heteroatoms. The van der Waals surface area contributed by atoms with Crippen LogP contribution < -0.4 is 5.73 Å². The van der Waals surface area contributed by atoms with E-state index >= 15 is 0 Å². The Hall–Kier alpha value is -3.67. The summed E-state index contributed by atoms with van der Waals surface area (Å²) >= 11 is 0. The number of esters is 1. The summed E-state index contributed by atoms with van der Waals surface area (Å²) < 4.78 is 38.8.